The predicted octanol–water partition coefficient (Wildman–Crippen LogP) is 20.3. The Kier molecular flexibility index (Phi) is 24.8. The Morgan fingerprint density at radius 2 is 0.895 bits per heavy atom. The summed E-state index contributed by atoms with van der Waals surface area (Å²) in [6.45, 7) is 2.36. The predicted molar refractivity (Wildman–Crippen MR) is 270 cm³/mol. The molecule has 0 bridgehead atoms. The number of unbranched alkanes of at least 4 members (excludes halogenated alkanes) is 8. The maximum atomic E-state index is 15.0. The molecule has 0 amide bonds. The second-order valence-corrected chi connectivity index (χ2v) is 25.1. The first-order chi connectivity index (χ1) is 35.8. The number of aliphatic hydroxyl groups is 1. The summed E-state index contributed by atoms with van der Waals surface area (Å²) in [6.07, 6.45) is 26.1. The molecule has 2 aromatic rings. The van der Waals surface area contributed by atoms with Crippen LogP contribution in [0.2, 0.25) is 0 Å². The summed E-state index contributed by atoms with van der Waals surface area (Å²) in [4.78, 5) is -3.37. The molecule has 1 unspecified atom stereocenters. The Morgan fingerprint density at radius 3 is 1.29 bits per heavy atom. The van der Waals surface area contributed by atoms with Gasteiger partial charge in [0.05, 0.1) is 5.92 Å². The molecular formula is C57H84F14O4S. The Morgan fingerprint density at radius 1 is 0.526 bits per heavy atom. The van der Waals surface area contributed by atoms with Crippen LogP contribution in [0.5, 0.6) is 5.75 Å². The molecule has 0 heterocycles. The Bertz CT molecular complexity index is 1950. The van der Waals surface area contributed by atoms with Crippen molar-refractivity contribution in [3.05, 3.63) is 58.9 Å². The number of hydrogen-bond acceptors (Lipinski definition) is 4. The van der Waals surface area contributed by atoms with E-state index in [9.17, 15) is 58.9 Å². The Labute approximate surface area is 442 Å². The number of hydrogen-bond donors (Lipinski definition) is 1. The third-order valence-corrected chi connectivity index (χ3v) is 18.5. The lowest BCUT2D eigenvalue weighted by Gasteiger charge is -2.40. The molecule has 4 aliphatic carbocycles. The van der Waals surface area contributed by atoms with Crippen LogP contribution in [-0.2, 0) is 9.47 Å². The van der Waals surface area contributed by atoms with Gasteiger partial charge in [-0.3, -0.25) is 0 Å². The maximum Gasteiger partial charge on any atom is 0.400 e. The van der Waals surface area contributed by atoms with E-state index in [-0.39, 0.29) is 36.8 Å². The van der Waals surface area contributed by atoms with Gasteiger partial charge < -0.3 is 19.3 Å². The van der Waals surface area contributed by atoms with Crippen LogP contribution in [0.1, 0.15) is 205 Å². The lowest BCUT2D eigenvalue weighted by molar-refractivity contribution is -0.224. The molecule has 4 saturated carbocycles. The zero-order valence-corrected chi connectivity index (χ0v) is 45.1. The summed E-state index contributed by atoms with van der Waals surface area (Å²) >= 11 is 0. The van der Waals surface area contributed by atoms with Crippen LogP contribution >= 0.6 is 10.2 Å². The van der Waals surface area contributed by atoms with Crippen molar-refractivity contribution < 1.29 is 78.3 Å². The van der Waals surface area contributed by atoms with E-state index in [1.165, 1.54) is 108 Å². The first-order valence-corrected chi connectivity index (χ1v) is 30.3. The van der Waals surface area contributed by atoms with E-state index in [0.717, 1.165) is 102 Å². The van der Waals surface area contributed by atoms with Gasteiger partial charge in [-0.25, -0.2) is 22.0 Å². The molecule has 0 spiro atoms. The standard InChI is InChI=1S/C56H82F12O3S.CH2F2O/c1-2-39(13-9-5-3-7-11-31-69-37-40-15-19-42(20-16-40)44-23-25-46(26-24-44)47-33-50(57)54(61)51(58)34-47)14-10-6-4-8-12-32-70-38-41-17-21-43(22-18-41)45-27-29-48(30-28-45)56(62,63)71-49-35-52(59)55(53(60)36-49)72(64,65,66,67)68;2-1(3)4/h33-36,39-46,48H,2-32,37-38H2,1H3;1,4H. The fourth-order valence-electron chi connectivity index (χ4n) is 12.9. The molecule has 0 saturated heterocycles. The number of ether oxygens (including phenoxy) is 3. The highest BCUT2D eigenvalue weighted by molar-refractivity contribution is 8.45. The average Bonchev–Trinajstić information content (AvgIpc) is 3.36. The second-order valence-electron chi connectivity index (χ2n) is 22.7. The molecule has 0 radical (unpaired) electrons. The number of aliphatic hydroxyl groups excluding tert-OH is 1. The van der Waals surface area contributed by atoms with E-state index >= 15 is 0 Å². The SMILES string of the molecule is CCC(CCCCCCCOCC1CCC(C2CCC(c3cc(F)c(F)c(F)c3)CC2)CC1)CCCCCCCOCC1CCC(C2CCC(C(F)(F)Oc3cc(F)c(S(F)(F)(F)(F)F)c(F)c3)CC2)CC1.OC(F)F. The van der Waals surface area contributed by atoms with Crippen molar-refractivity contribution in [2.24, 2.45) is 47.3 Å². The largest absolute Gasteiger partial charge is 0.432 e. The minimum Gasteiger partial charge on any atom is -0.432 e. The zero-order valence-electron chi connectivity index (χ0n) is 44.3. The molecule has 4 nitrogen and oxygen atoms in total. The normalized spacial score (nSPS) is 26.1. The van der Waals surface area contributed by atoms with Gasteiger partial charge >= 0.3 is 22.9 Å². The first kappa shape index (κ1) is 64.3. The van der Waals surface area contributed by atoms with Crippen LogP contribution in [-0.4, -0.2) is 44.3 Å². The van der Waals surface area contributed by atoms with Gasteiger partial charge in [-0.15, -0.1) is 0 Å². The van der Waals surface area contributed by atoms with Crippen LogP contribution in [0.25, 0.3) is 0 Å². The Hall–Kier alpha value is -2.51. The summed E-state index contributed by atoms with van der Waals surface area (Å²) in [5.41, 5.74) is 0.597. The molecule has 0 aliphatic heterocycles. The van der Waals surface area contributed by atoms with Crippen LogP contribution in [0.3, 0.4) is 0 Å². The van der Waals surface area contributed by atoms with E-state index in [1.807, 2.05) is 0 Å². The first-order valence-electron chi connectivity index (χ1n) is 28.4. The lowest BCUT2D eigenvalue weighted by Crippen LogP contribution is -2.38. The van der Waals surface area contributed by atoms with Gasteiger partial charge in [-0.2, -0.15) is 17.6 Å². The maximum absolute atomic E-state index is 15.0. The van der Waals surface area contributed by atoms with Gasteiger partial charge in [0.25, 0.3) is 0 Å². The van der Waals surface area contributed by atoms with Gasteiger partial charge in [-0.1, -0.05) is 97.0 Å². The van der Waals surface area contributed by atoms with Gasteiger partial charge in [0.1, 0.15) is 5.75 Å². The van der Waals surface area contributed by atoms with Crippen LogP contribution in [0.4, 0.5) is 58.9 Å². The van der Waals surface area contributed by atoms with Gasteiger partial charge in [-0.05, 0) is 181 Å². The Balaban J connectivity index is 0.00000257. The molecule has 0 aromatic heterocycles. The van der Waals surface area contributed by atoms with Crippen molar-refractivity contribution in [3.8, 4) is 5.75 Å². The number of alkyl halides is 4. The van der Waals surface area contributed by atoms with Crippen LogP contribution < -0.4 is 4.74 Å². The summed E-state index contributed by atoms with van der Waals surface area (Å²) in [7, 11) is -10.7. The molecule has 4 fully saturated rings. The number of halogens is 14. The van der Waals surface area contributed by atoms with E-state index < -0.39 is 68.6 Å². The van der Waals surface area contributed by atoms with E-state index in [0.29, 0.717) is 42.1 Å². The summed E-state index contributed by atoms with van der Waals surface area (Å²) < 4.78 is 200. The van der Waals surface area contributed by atoms with E-state index in [4.69, 9.17) is 14.6 Å². The van der Waals surface area contributed by atoms with Crippen molar-refractivity contribution in [2.45, 2.75) is 217 Å². The molecule has 440 valence electrons. The highest BCUT2D eigenvalue weighted by Crippen LogP contribution is 3.02. The molecule has 19 heteroatoms. The fourth-order valence-corrected chi connectivity index (χ4v) is 13.8. The van der Waals surface area contributed by atoms with Crippen LogP contribution in [0, 0.1) is 76.4 Å². The highest BCUT2D eigenvalue weighted by atomic mass is 32.5. The summed E-state index contributed by atoms with van der Waals surface area (Å²) in [6, 6.07) is 1.82. The average molecular weight is 1130 g/mol. The molecule has 1 N–H and O–H groups in total. The number of benzene rings is 2. The van der Waals surface area contributed by atoms with Crippen molar-refractivity contribution in [2.75, 3.05) is 26.4 Å². The van der Waals surface area contributed by atoms with Gasteiger partial charge in [0.15, 0.2) is 34.0 Å². The van der Waals surface area contributed by atoms with Crippen molar-refractivity contribution in [1.29, 1.82) is 0 Å². The summed E-state index contributed by atoms with van der Waals surface area (Å²) in [5, 5.41) is 6.72. The monoisotopic (exact) mass is 1130 g/mol. The smallest absolute Gasteiger partial charge is 0.400 e. The van der Waals surface area contributed by atoms with E-state index in [2.05, 4.69) is 11.7 Å². The van der Waals surface area contributed by atoms with Crippen molar-refractivity contribution in [1.82, 2.24) is 0 Å². The number of rotatable bonds is 28. The van der Waals surface area contributed by atoms with Crippen molar-refractivity contribution >= 4 is 10.2 Å². The molecule has 2 aromatic carbocycles. The van der Waals surface area contributed by atoms with E-state index in [1.54, 1.807) is 0 Å². The lowest BCUT2D eigenvalue weighted by atomic mass is 9.68. The highest BCUT2D eigenvalue weighted by Gasteiger charge is 2.69. The third kappa shape index (κ3) is 21.5. The quantitative estimate of drug-likeness (QED) is 0.0524. The minimum absolute atomic E-state index is 0.0608. The topological polar surface area (TPSA) is 47.9 Å². The van der Waals surface area contributed by atoms with Crippen LogP contribution in [0.15, 0.2) is 29.2 Å². The van der Waals surface area contributed by atoms with Crippen molar-refractivity contribution in [3.63, 3.8) is 0 Å². The van der Waals surface area contributed by atoms with Gasteiger partial charge in [0, 0.05) is 38.6 Å². The van der Waals surface area contributed by atoms with Gasteiger partial charge in [0.2, 0.25) is 0 Å². The molecular weight excluding hydrogens is 1050 g/mol. The fraction of sp³-hybridized carbons (Fsp3) is 0.789. The zero-order chi connectivity index (χ0) is 55.6. The second kappa shape index (κ2) is 29.3. The third-order valence-electron chi connectivity index (χ3n) is 17.3. The minimum atomic E-state index is -10.7. The molecule has 6 rings (SSSR count). The molecule has 4 aliphatic rings. The summed E-state index contributed by atoms with van der Waals surface area (Å²) in [5.74, 6) is -7.48. The molecule has 76 heavy (non-hydrogen) atoms. The molecule has 1 atom stereocenters.